The summed E-state index contributed by atoms with van der Waals surface area (Å²) < 4.78 is 11.1. The van der Waals surface area contributed by atoms with Gasteiger partial charge in [0.2, 0.25) is 11.8 Å². The second-order valence-corrected chi connectivity index (χ2v) is 12.9. The van der Waals surface area contributed by atoms with Crippen LogP contribution >= 0.6 is 0 Å². The molecule has 0 aromatic heterocycles. The molecule has 262 valence electrons. The summed E-state index contributed by atoms with van der Waals surface area (Å²) >= 11 is 0. The van der Waals surface area contributed by atoms with Crippen LogP contribution in [0.3, 0.4) is 0 Å². The molecule has 0 spiro atoms. The number of benzene rings is 3. The maximum absolute atomic E-state index is 13.4. The minimum absolute atomic E-state index is 0.00170. The Hall–Kier alpha value is -5.39. The predicted molar refractivity (Wildman–Crippen MR) is 183 cm³/mol. The van der Waals surface area contributed by atoms with E-state index in [1.165, 1.54) is 0 Å². The van der Waals surface area contributed by atoms with E-state index < -0.39 is 54.0 Å². The second-order valence-electron chi connectivity index (χ2n) is 12.9. The normalized spacial score (nSPS) is 12.2. The monoisotopic (exact) mass is 674 g/mol. The maximum Gasteiger partial charge on any atom is 0.408 e. The number of ether oxygens (including phenoxy) is 2. The lowest BCUT2D eigenvalue weighted by atomic mass is 10.0. The van der Waals surface area contributed by atoms with Crippen molar-refractivity contribution in [1.82, 2.24) is 21.4 Å². The van der Waals surface area contributed by atoms with E-state index in [-0.39, 0.29) is 25.2 Å². The van der Waals surface area contributed by atoms with Crippen LogP contribution in [0.25, 0.3) is 0 Å². The van der Waals surface area contributed by atoms with Gasteiger partial charge in [-0.15, -0.1) is 0 Å². The van der Waals surface area contributed by atoms with Gasteiger partial charge >= 0.3 is 12.1 Å². The summed E-state index contributed by atoms with van der Waals surface area (Å²) in [5.74, 6) is -2.05. The molecule has 4 amide bonds. The van der Waals surface area contributed by atoms with Crippen LogP contribution in [0.5, 0.6) is 5.75 Å². The van der Waals surface area contributed by atoms with E-state index in [9.17, 15) is 24.0 Å². The molecule has 0 aliphatic heterocycles. The smallest absolute Gasteiger partial charge is 0.408 e. The largest absolute Gasteiger partial charge is 0.489 e. The summed E-state index contributed by atoms with van der Waals surface area (Å²) in [4.78, 5) is 68.6. The van der Waals surface area contributed by atoms with Crippen LogP contribution in [0.2, 0.25) is 0 Å². The molecular formula is C37H46N4O8. The van der Waals surface area contributed by atoms with Crippen molar-refractivity contribution in [3.63, 3.8) is 0 Å². The first kappa shape index (κ1) is 38.1. The number of amides is 4. The van der Waals surface area contributed by atoms with Crippen molar-refractivity contribution < 1.29 is 38.3 Å². The molecular weight excluding hydrogens is 628 g/mol. The van der Waals surface area contributed by atoms with Gasteiger partial charge in [0.1, 0.15) is 36.6 Å². The van der Waals surface area contributed by atoms with Gasteiger partial charge in [-0.1, -0.05) is 86.6 Å². The summed E-state index contributed by atoms with van der Waals surface area (Å²) in [6.07, 6.45) is -0.421. The third kappa shape index (κ3) is 14.9. The number of hydroxylamine groups is 1. The molecule has 3 rings (SSSR count). The molecule has 0 saturated heterocycles. The summed E-state index contributed by atoms with van der Waals surface area (Å²) in [6.45, 7) is 8.74. The lowest BCUT2D eigenvalue weighted by molar-refractivity contribution is -0.157. The van der Waals surface area contributed by atoms with Gasteiger partial charge in [0, 0.05) is 6.42 Å². The van der Waals surface area contributed by atoms with Gasteiger partial charge in [-0.2, -0.15) is 5.48 Å². The second kappa shape index (κ2) is 18.8. The zero-order valence-corrected chi connectivity index (χ0v) is 28.6. The number of hydrogen-bond acceptors (Lipinski definition) is 8. The van der Waals surface area contributed by atoms with Crippen molar-refractivity contribution in [3.8, 4) is 5.75 Å². The van der Waals surface area contributed by atoms with Gasteiger partial charge < -0.3 is 30.3 Å². The Bertz CT molecular complexity index is 1520. The SMILES string of the molecule is CC(C)C[C@H](NC(=O)[C@H](Cc1ccccc1)NC(=O)OC(C)(C)C)C(=O)NCC(=O)ONC(=O)Cc1ccc(OCc2ccccc2)cc1. The van der Waals surface area contributed by atoms with Crippen LogP contribution in [0.1, 0.15) is 57.7 Å². The quantitative estimate of drug-likeness (QED) is 0.175. The first-order chi connectivity index (χ1) is 23.3. The fourth-order valence-corrected chi connectivity index (χ4v) is 4.58. The summed E-state index contributed by atoms with van der Waals surface area (Å²) in [6, 6.07) is 23.7. The van der Waals surface area contributed by atoms with E-state index in [4.69, 9.17) is 14.3 Å². The van der Waals surface area contributed by atoms with Crippen LogP contribution in [-0.2, 0) is 48.2 Å². The Morgan fingerprint density at radius 1 is 0.714 bits per heavy atom. The van der Waals surface area contributed by atoms with E-state index in [0.29, 0.717) is 17.9 Å². The molecule has 0 radical (unpaired) electrons. The average molecular weight is 675 g/mol. The van der Waals surface area contributed by atoms with Crippen LogP contribution in [0.15, 0.2) is 84.9 Å². The van der Waals surface area contributed by atoms with E-state index in [1.807, 2.05) is 74.5 Å². The molecule has 3 aromatic rings. The highest BCUT2D eigenvalue weighted by atomic mass is 16.7. The molecule has 4 N–H and O–H groups in total. The highest BCUT2D eigenvalue weighted by Crippen LogP contribution is 2.15. The molecule has 0 heterocycles. The molecule has 0 bridgehead atoms. The van der Waals surface area contributed by atoms with Crippen molar-refractivity contribution in [2.75, 3.05) is 6.54 Å². The van der Waals surface area contributed by atoms with Crippen molar-refractivity contribution >= 4 is 29.8 Å². The number of carbonyl (C=O) groups excluding carboxylic acids is 5. The molecule has 0 aliphatic carbocycles. The van der Waals surface area contributed by atoms with Gasteiger partial charge in [0.25, 0.3) is 5.91 Å². The molecule has 0 fully saturated rings. The fraction of sp³-hybridized carbons (Fsp3) is 0.378. The van der Waals surface area contributed by atoms with Gasteiger partial charge in [-0.05, 0) is 61.9 Å². The predicted octanol–water partition coefficient (Wildman–Crippen LogP) is 4.17. The fourth-order valence-electron chi connectivity index (χ4n) is 4.58. The topological polar surface area (TPSA) is 161 Å². The van der Waals surface area contributed by atoms with Crippen LogP contribution < -0.4 is 26.2 Å². The number of alkyl carbamates (subject to hydrolysis) is 1. The van der Waals surface area contributed by atoms with Crippen molar-refractivity contribution in [2.45, 2.75) is 78.2 Å². The number of hydrogen-bond donors (Lipinski definition) is 4. The summed E-state index contributed by atoms with van der Waals surface area (Å²) in [7, 11) is 0. The first-order valence-corrected chi connectivity index (χ1v) is 16.1. The van der Waals surface area contributed by atoms with Gasteiger partial charge in [0.15, 0.2) is 0 Å². The van der Waals surface area contributed by atoms with Crippen molar-refractivity contribution in [3.05, 3.63) is 102 Å². The van der Waals surface area contributed by atoms with Crippen LogP contribution in [0.4, 0.5) is 4.79 Å². The van der Waals surface area contributed by atoms with Crippen LogP contribution in [-0.4, -0.2) is 54.0 Å². The van der Waals surface area contributed by atoms with Gasteiger partial charge in [-0.3, -0.25) is 14.4 Å². The lowest BCUT2D eigenvalue weighted by Crippen LogP contribution is -2.55. The number of rotatable bonds is 15. The molecule has 0 saturated carbocycles. The van der Waals surface area contributed by atoms with Crippen molar-refractivity contribution in [1.29, 1.82) is 0 Å². The first-order valence-electron chi connectivity index (χ1n) is 16.1. The van der Waals surface area contributed by atoms with Gasteiger partial charge in [-0.25, -0.2) is 9.59 Å². The standard InChI is InChI=1S/C37H46N4O8/c1-25(2)20-30(39-35(45)31(21-26-12-8-6-9-13-26)40-36(46)48-37(3,4)5)34(44)38-23-33(43)49-41-32(42)22-27-16-18-29(19-17-27)47-24-28-14-10-7-11-15-28/h6-19,25,30-31H,20-24H2,1-5H3,(H,38,44)(H,39,45)(H,40,46)(H,41,42)/t30-,31-/m0/s1. The zero-order chi connectivity index (χ0) is 35.8. The highest BCUT2D eigenvalue weighted by molar-refractivity contribution is 5.92. The summed E-state index contributed by atoms with van der Waals surface area (Å²) in [5, 5.41) is 7.76. The number of nitrogens with one attached hydrogen (secondary N) is 4. The minimum Gasteiger partial charge on any atom is -0.489 e. The molecule has 12 nitrogen and oxygen atoms in total. The Balaban J connectivity index is 1.49. The molecule has 0 aliphatic rings. The minimum atomic E-state index is -1.04. The van der Waals surface area contributed by atoms with E-state index in [0.717, 1.165) is 11.1 Å². The van der Waals surface area contributed by atoms with E-state index in [1.54, 1.807) is 45.0 Å². The lowest BCUT2D eigenvalue weighted by Gasteiger charge is -2.26. The van der Waals surface area contributed by atoms with Gasteiger partial charge in [0.05, 0.1) is 6.42 Å². The summed E-state index contributed by atoms with van der Waals surface area (Å²) in [5.41, 5.74) is 3.80. The Morgan fingerprint density at radius 2 is 1.33 bits per heavy atom. The van der Waals surface area contributed by atoms with E-state index in [2.05, 4.69) is 21.4 Å². The molecule has 0 unspecified atom stereocenters. The molecule has 49 heavy (non-hydrogen) atoms. The van der Waals surface area contributed by atoms with Crippen molar-refractivity contribution in [2.24, 2.45) is 5.92 Å². The molecule has 3 aromatic carbocycles. The van der Waals surface area contributed by atoms with E-state index >= 15 is 0 Å². The Kier molecular flexibility index (Phi) is 14.6. The maximum atomic E-state index is 13.4. The Morgan fingerprint density at radius 3 is 1.92 bits per heavy atom. The molecule has 12 heteroatoms. The highest BCUT2D eigenvalue weighted by Gasteiger charge is 2.29. The third-order valence-electron chi connectivity index (χ3n) is 6.85. The van der Waals surface area contributed by atoms with Crippen LogP contribution in [0, 0.1) is 5.92 Å². The Labute approximate surface area is 287 Å². The number of carbonyl (C=O) groups is 5. The zero-order valence-electron chi connectivity index (χ0n) is 28.6. The third-order valence-corrected chi connectivity index (χ3v) is 6.85. The molecule has 2 atom stereocenters. The average Bonchev–Trinajstić information content (AvgIpc) is 3.05.